The number of carboxylic acid groups (broad SMARTS) is 1. The summed E-state index contributed by atoms with van der Waals surface area (Å²) in [5.41, 5.74) is 1.40. The molecule has 0 fully saturated rings. The van der Waals surface area contributed by atoms with Crippen LogP contribution in [0.4, 0.5) is 0 Å². The number of imidazole rings is 1. The van der Waals surface area contributed by atoms with E-state index in [1.807, 2.05) is 13.0 Å². The normalized spacial score (nSPS) is 10.9. The van der Waals surface area contributed by atoms with Crippen molar-refractivity contribution in [3.63, 3.8) is 0 Å². The minimum atomic E-state index is -0.973. The first-order valence-corrected chi connectivity index (χ1v) is 6.11. The Morgan fingerprint density at radius 3 is 2.94 bits per heavy atom. The van der Waals surface area contributed by atoms with Gasteiger partial charge in [-0.3, -0.25) is 0 Å². The zero-order valence-corrected chi connectivity index (χ0v) is 10.3. The molecular weight excluding hydrogens is 250 g/mol. The summed E-state index contributed by atoms with van der Waals surface area (Å²) in [6, 6.07) is 5.06. The maximum Gasteiger partial charge on any atom is 0.337 e. The molecule has 0 bridgehead atoms. The van der Waals surface area contributed by atoms with Crippen LogP contribution >= 0.6 is 11.3 Å². The van der Waals surface area contributed by atoms with E-state index in [4.69, 9.17) is 5.11 Å². The SMILES string of the molecule is Cc1ncc(-c2nc3c(C(=O)O)cccc3[nH]2)s1. The fourth-order valence-electron chi connectivity index (χ4n) is 1.79. The van der Waals surface area contributed by atoms with Gasteiger partial charge in [0.15, 0.2) is 0 Å². The highest BCUT2D eigenvalue weighted by molar-refractivity contribution is 7.14. The molecule has 0 radical (unpaired) electrons. The first-order valence-electron chi connectivity index (χ1n) is 5.30. The van der Waals surface area contributed by atoms with Gasteiger partial charge in [0.2, 0.25) is 0 Å². The van der Waals surface area contributed by atoms with Gasteiger partial charge in [-0.05, 0) is 19.1 Å². The Kier molecular flexibility index (Phi) is 2.38. The smallest absolute Gasteiger partial charge is 0.337 e. The lowest BCUT2D eigenvalue weighted by Crippen LogP contribution is -1.96. The Morgan fingerprint density at radius 2 is 2.28 bits per heavy atom. The van der Waals surface area contributed by atoms with Crippen LogP contribution in [0.1, 0.15) is 15.4 Å². The van der Waals surface area contributed by atoms with Gasteiger partial charge in [-0.15, -0.1) is 11.3 Å². The molecule has 0 spiro atoms. The van der Waals surface area contributed by atoms with Crippen molar-refractivity contribution in [3.8, 4) is 10.7 Å². The fourth-order valence-corrected chi connectivity index (χ4v) is 2.51. The molecular formula is C12H9N3O2S. The summed E-state index contributed by atoms with van der Waals surface area (Å²) >= 11 is 1.52. The highest BCUT2D eigenvalue weighted by Crippen LogP contribution is 2.26. The number of hydrogen-bond donors (Lipinski definition) is 2. The highest BCUT2D eigenvalue weighted by Gasteiger charge is 2.14. The topological polar surface area (TPSA) is 78.9 Å². The van der Waals surface area contributed by atoms with Crippen LogP contribution in [0.25, 0.3) is 21.7 Å². The molecule has 2 aromatic heterocycles. The molecule has 0 aliphatic carbocycles. The molecule has 18 heavy (non-hydrogen) atoms. The molecule has 2 N–H and O–H groups in total. The maximum atomic E-state index is 11.1. The Morgan fingerprint density at radius 1 is 1.44 bits per heavy atom. The quantitative estimate of drug-likeness (QED) is 0.741. The number of aromatic nitrogens is 3. The van der Waals surface area contributed by atoms with Crippen molar-refractivity contribution in [1.82, 2.24) is 15.0 Å². The maximum absolute atomic E-state index is 11.1. The summed E-state index contributed by atoms with van der Waals surface area (Å²) in [7, 11) is 0. The second kappa shape index (κ2) is 3.92. The average molecular weight is 259 g/mol. The molecule has 0 amide bonds. The zero-order chi connectivity index (χ0) is 12.7. The summed E-state index contributed by atoms with van der Waals surface area (Å²) in [6.45, 7) is 1.92. The van der Waals surface area contributed by atoms with Crippen LogP contribution in [-0.4, -0.2) is 26.0 Å². The third kappa shape index (κ3) is 1.67. The first-order chi connectivity index (χ1) is 8.65. The van der Waals surface area contributed by atoms with Gasteiger partial charge < -0.3 is 10.1 Å². The van der Waals surface area contributed by atoms with Gasteiger partial charge in [0.05, 0.1) is 21.0 Å². The molecule has 3 aromatic rings. The summed E-state index contributed by atoms with van der Waals surface area (Å²) in [6.07, 6.45) is 1.73. The molecule has 0 saturated heterocycles. The second-order valence-corrected chi connectivity index (χ2v) is 5.07. The van der Waals surface area contributed by atoms with Crippen molar-refractivity contribution in [2.45, 2.75) is 6.92 Å². The number of aryl methyl sites for hydroxylation is 1. The van der Waals surface area contributed by atoms with Crippen LogP contribution in [0.15, 0.2) is 24.4 Å². The number of thiazole rings is 1. The number of rotatable bonds is 2. The minimum absolute atomic E-state index is 0.205. The number of aromatic carboxylic acids is 1. The molecule has 5 nitrogen and oxygen atoms in total. The standard InChI is InChI=1S/C12H9N3O2S/c1-6-13-5-9(18-6)11-14-8-4-2-3-7(12(16)17)10(8)15-11/h2-5H,1H3,(H,14,15)(H,16,17). The molecule has 0 aliphatic rings. The summed E-state index contributed by atoms with van der Waals surface area (Å²) < 4.78 is 0. The molecule has 3 rings (SSSR count). The molecule has 0 saturated carbocycles. The number of aromatic amines is 1. The molecule has 0 atom stereocenters. The number of H-pyrrole nitrogens is 1. The van der Waals surface area contributed by atoms with Gasteiger partial charge in [-0.25, -0.2) is 14.8 Å². The molecule has 1 aromatic carbocycles. The van der Waals surface area contributed by atoms with Crippen LogP contribution in [0.5, 0.6) is 0 Å². The van der Waals surface area contributed by atoms with Gasteiger partial charge in [0.25, 0.3) is 0 Å². The molecule has 2 heterocycles. The van der Waals surface area contributed by atoms with E-state index < -0.39 is 5.97 Å². The van der Waals surface area contributed by atoms with Gasteiger partial charge >= 0.3 is 5.97 Å². The number of para-hydroxylation sites is 1. The Hall–Kier alpha value is -2.21. The number of hydrogen-bond acceptors (Lipinski definition) is 4. The third-order valence-corrected chi connectivity index (χ3v) is 3.52. The van der Waals surface area contributed by atoms with Gasteiger partial charge in [0.1, 0.15) is 11.3 Å². The largest absolute Gasteiger partial charge is 0.478 e. The predicted octanol–water partition coefficient (Wildman–Crippen LogP) is 2.69. The number of nitrogens with one attached hydrogen (secondary N) is 1. The van der Waals surface area contributed by atoms with Crippen molar-refractivity contribution in [2.75, 3.05) is 0 Å². The van der Waals surface area contributed by atoms with E-state index in [2.05, 4.69) is 15.0 Å². The minimum Gasteiger partial charge on any atom is -0.478 e. The lowest BCUT2D eigenvalue weighted by molar-refractivity contribution is 0.0699. The van der Waals surface area contributed by atoms with Crippen molar-refractivity contribution in [2.24, 2.45) is 0 Å². The third-order valence-electron chi connectivity index (χ3n) is 2.60. The Balaban J connectivity index is 2.22. The van der Waals surface area contributed by atoms with Crippen LogP contribution in [0, 0.1) is 6.92 Å². The van der Waals surface area contributed by atoms with Crippen LogP contribution < -0.4 is 0 Å². The number of carbonyl (C=O) groups is 1. The number of nitrogens with zero attached hydrogens (tertiary/aromatic N) is 2. The van der Waals surface area contributed by atoms with Crippen LogP contribution in [-0.2, 0) is 0 Å². The summed E-state index contributed by atoms with van der Waals surface area (Å²) in [5, 5.41) is 10.1. The summed E-state index contributed by atoms with van der Waals surface area (Å²) in [5.74, 6) is -0.316. The van der Waals surface area contributed by atoms with E-state index in [1.165, 1.54) is 11.3 Å². The lowest BCUT2D eigenvalue weighted by atomic mass is 10.2. The predicted molar refractivity (Wildman–Crippen MR) is 68.9 cm³/mol. The van der Waals surface area contributed by atoms with Crippen molar-refractivity contribution < 1.29 is 9.90 Å². The van der Waals surface area contributed by atoms with Gasteiger partial charge in [-0.2, -0.15) is 0 Å². The second-order valence-electron chi connectivity index (χ2n) is 3.84. The molecule has 90 valence electrons. The van der Waals surface area contributed by atoms with E-state index in [0.29, 0.717) is 11.3 Å². The van der Waals surface area contributed by atoms with Gasteiger partial charge in [-0.1, -0.05) is 6.07 Å². The van der Waals surface area contributed by atoms with Crippen molar-refractivity contribution in [3.05, 3.63) is 35.0 Å². The highest BCUT2D eigenvalue weighted by atomic mass is 32.1. The average Bonchev–Trinajstić information content (AvgIpc) is 2.93. The van der Waals surface area contributed by atoms with E-state index in [1.54, 1.807) is 18.3 Å². The van der Waals surface area contributed by atoms with Crippen molar-refractivity contribution in [1.29, 1.82) is 0 Å². The number of carboxylic acids is 1. The van der Waals surface area contributed by atoms with E-state index in [-0.39, 0.29) is 5.56 Å². The molecule has 0 unspecified atom stereocenters. The van der Waals surface area contributed by atoms with Crippen molar-refractivity contribution >= 4 is 28.3 Å². The van der Waals surface area contributed by atoms with Gasteiger partial charge in [0, 0.05) is 6.20 Å². The monoisotopic (exact) mass is 259 g/mol. The van der Waals surface area contributed by atoms with E-state index in [0.717, 1.165) is 15.4 Å². The first kappa shape index (κ1) is 10.9. The van der Waals surface area contributed by atoms with Crippen LogP contribution in [0.2, 0.25) is 0 Å². The number of benzene rings is 1. The number of fused-ring (bicyclic) bond motifs is 1. The Labute approximate surface area is 106 Å². The molecule has 6 heteroatoms. The van der Waals surface area contributed by atoms with E-state index >= 15 is 0 Å². The Bertz CT molecular complexity index is 745. The molecule has 0 aliphatic heterocycles. The fraction of sp³-hybridized carbons (Fsp3) is 0.0833. The lowest BCUT2D eigenvalue weighted by Gasteiger charge is -1.93. The van der Waals surface area contributed by atoms with E-state index in [9.17, 15) is 4.79 Å². The summed E-state index contributed by atoms with van der Waals surface area (Å²) in [4.78, 5) is 23.6. The van der Waals surface area contributed by atoms with Crippen LogP contribution in [0.3, 0.4) is 0 Å². The zero-order valence-electron chi connectivity index (χ0n) is 9.47.